The molecule has 17 heteroatoms. The van der Waals surface area contributed by atoms with Crippen molar-refractivity contribution in [3.63, 3.8) is 0 Å². The number of hydrogen-bond donors (Lipinski definition) is 3. The molecule has 0 unspecified atom stereocenters. The van der Waals surface area contributed by atoms with Crippen molar-refractivity contribution >= 4 is 45.4 Å². The number of alkyl halides is 4. The number of carbonyl (C=O) groups is 4. The normalized spacial score (nSPS) is 20.7. The summed E-state index contributed by atoms with van der Waals surface area (Å²) in [4.78, 5) is 64.1. The molecule has 0 spiro atoms. The molecule has 4 aromatic rings. The van der Waals surface area contributed by atoms with Crippen LogP contribution in [0.4, 0.5) is 26.3 Å². The quantitative estimate of drug-likeness (QED) is 0.102. The van der Waals surface area contributed by atoms with Crippen molar-refractivity contribution in [1.82, 2.24) is 35.0 Å². The van der Waals surface area contributed by atoms with Gasteiger partial charge in [0.05, 0.1) is 41.9 Å². The van der Waals surface area contributed by atoms with Crippen molar-refractivity contribution < 1.29 is 45.5 Å². The Labute approximate surface area is 351 Å². The maximum absolute atomic E-state index is 15.5. The molecule has 3 N–H and O–H groups in total. The summed E-state index contributed by atoms with van der Waals surface area (Å²) < 4.78 is 92.9. The Kier molecular flexibility index (Phi) is 13.3. The predicted molar refractivity (Wildman–Crippen MR) is 219 cm³/mol. The van der Waals surface area contributed by atoms with Gasteiger partial charge in [-0.1, -0.05) is 34.6 Å². The monoisotopic (exact) mass is 859 g/mol. The van der Waals surface area contributed by atoms with Gasteiger partial charge in [0.15, 0.2) is 5.82 Å². The molecule has 2 fully saturated rings. The summed E-state index contributed by atoms with van der Waals surface area (Å²) in [6.07, 6.45) is -1.12. The number of ketones is 1. The lowest BCUT2D eigenvalue weighted by molar-refractivity contribution is -0.141. The van der Waals surface area contributed by atoms with E-state index in [4.69, 9.17) is 4.98 Å². The average molecular weight is 860 g/mol. The summed E-state index contributed by atoms with van der Waals surface area (Å²) in [5.74, 6) is -11.3. The maximum Gasteiger partial charge on any atom is 0.267 e. The number of hydrogen-bond acceptors (Lipinski definition) is 6. The number of halogens is 6. The Morgan fingerprint density at radius 3 is 2.11 bits per heavy atom. The molecule has 11 nitrogen and oxygen atoms in total. The molecular formula is C44H55F6N7O4. The van der Waals surface area contributed by atoms with E-state index in [0.29, 0.717) is 22.9 Å². The van der Waals surface area contributed by atoms with Gasteiger partial charge in [0.25, 0.3) is 11.8 Å². The third-order valence-electron chi connectivity index (χ3n) is 12.5. The number of benzene rings is 2. The Morgan fingerprint density at radius 2 is 1.49 bits per heavy atom. The van der Waals surface area contributed by atoms with Gasteiger partial charge in [-0.15, -0.1) is 0 Å². The smallest absolute Gasteiger partial charge is 0.267 e. The van der Waals surface area contributed by atoms with Crippen molar-refractivity contribution in [1.29, 1.82) is 0 Å². The van der Waals surface area contributed by atoms with Crippen LogP contribution in [-0.2, 0) is 32.1 Å². The zero-order valence-corrected chi connectivity index (χ0v) is 35.6. The molecule has 3 amide bonds. The summed E-state index contributed by atoms with van der Waals surface area (Å²) in [7, 11) is 1.61. The number of nitrogens with zero attached hydrogens (tertiary/aromatic N) is 4. The third-order valence-corrected chi connectivity index (χ3v) is 12.5. The van der Waals surface area contributed by atoms with E-state index < -0.39 is 97.2 Å². The van der Waals surface area contributed by atoms with E-state index in [-0.39, 0.29) is 66.0 Å². The number of likely N-dealkylation sites (N-methyl/N-ethyl adjacent to an activating group) is 1. The molecule has 2 saturated heterocycles. The van der Waals surface area contributed by atoms with Crippen LogP contribution >= 0.6 is 0 Å². The summed E-state index contributed by atoms with van der Waals surface area (Å²) >= 11 is 0. The molecule has 2 aromatic carbocycles. The Bertz CT molecular complexity index is 2290. The molecule has 332 valence electrons. The van der Waals surface area contributed by atoms with Gasteiger partial charge in [-0.25, -0.2) is 31.3 Å². The minimum atomic E-state index is -3.29. The van der Waals surface area contributed by atoms with Crippen LogP contribution in [-0.4, -0.2) is 104 Å². The van der Waals surface area contributed by atoms with Gasteiger partial charge < -0.3 is 30.0 Å². The first kappa shape index (κ1) is 45.6. The molecule has 61 heavy (non-hydrogen) atoms. The topological polar surface area (TPSA) is 132 Å². The molecule has 2 aromatic heterocycles. The SMILES string of the molecule is CC[C@@H](C)C(=O)N[C@@H](CC)C(=O)N1CC(F)(F)C[C@H]1Cn1c(-c2[nH]c3cc(F)ccc3c2C[C@@H]2CC(F)(F)CN2C(=O)[C@@H](CC(=O)[C@H](C)NC)C(C)C)nc2cc(F)ccc21. The van der Waals surface area contributed by atoms with Gasteiger partial charge in [-0.05, 0) is 75.0 Å². The van der Waals surface area contributed by atoms with Crippen LogP contribution in [0.1, 0.15) is 79.2 Å². The number of aromatic amines is 1. The lowest BCUT2D eigenvalue weighted by Crippen LogP contribution is -2.51. The second kappa shape index (κ2) is 17.8. The molecule has 6 atom stereocenters. The van der Waals surface area contributed by atoms with E-state index in [1.807, 2.05) is 6.92 Å². The van der Waals surface area contributed by atoms with Crippen LogP contribution in [0.5, 0.6) is 0 Å². The van der Waals surface area contributed by atoms with Crippen LogP contribution in [0.15, 0.2) is 36.4 Å². The summed E-state index contributed by atoms with van der Waals surface area (Å²) in [6, 6.07) is 3.78. The molecule has 0 bridgehead atoms. The summed E-state index contributed by atoms with van der Waals surface area (Å²) in [5.41, 5.74) is 1.28. The van der Waals surface area contributed by atoms with Crippen molar-refractivity contribution in [2.24, 2.45) is 17.8 Å². The number of aromatic nitrogens is 3. The van der Waals surface area contributed by atoms with E-state index in [2.05, 4.69) is 15.6 Å². The minimum Gasteiger partial charge on any atom is -0.352 e. The maximum atomic E-state index is 15.5. The largest absolute Gasteiger partial charge is 0.352 e. The summed E-state index contributed by atoms with van der Waals surface area (Å²) in [6.45, 7) is 8.30. The number of likely N-dealkylation sites (tertiary alicyclic amines) is 2. The lowest BCUT2D eigenvalue weighted by Gasteiger charge is -2.31. The van der Waals surface area contributed by atoms with Gasteiger partial charge >= 0.3 is 0 Å². The number of imidazole rings is 1. The fraction of sp³-hybridized carbons (Fsp3) is 0.568. The zero-order chi connectivity index (χ0) is 44.7. The number of nitrogens with one attached hydrogen (secondary N) is 3. The second-order valence-electron chi connectivity index (χ2n) is 17.2. The number of rotatable bonds is 16. The van der Waals surface area contributed by atoms with Crippen LogP contribution < -0.4 is 10.6 Å². The van der Waals surface area contributed by atoms with Crippen molar-refractivity contribution in [2.75, 3.05) is 20.1 Å². The van der Waals surface area contributed by atoms with Gasteiger partial charge in [-0.3, -0.25) is 19.2 Å². The first-order valence-corrected chi connectivity index (χ1v) is 21.0. The molecule has 2 aliphatic rings. The highest BCUT2D eigenvalue weighted by atomic mass is 19.3. The first-order valence-electron chi connectivity index (χ1n) is 21.0. The number of fused-ring (bicyclic) bond motifs is 2. The minimum absolute atomic E-state index is 0.0845. The van der Waals surface area contributed by atoms with Crippen LogP contribution in [0, 0.1) is 29.4 Å². The number of H-pyrrole nitrogens is 1. The lowest BCUT2D eigenvalue weighted by atomic mass is 9.87. The van der Waals surface area contributed by atoms with Crippen molar-refractivity contribution in [2.45, 2.75) is 123 Å². The average Bonchev–Trinajstić information content (AvgIpc) is 3.92. The van der Waals surface area contributed by atoms with Crippen molar-refractivity contribution in [3.8, 4) is 11.5 Å². The standard InChI is InChI=1S/C44H55F6N7O4/c1-8-24(5)40(59)54-33(9-2)42(61)57-22-44(49,50)19-29(57)20-55-36-13-11-27(46)15-35(36)53-39(55)38-32(30-12-10-26(45)14-34(30)52-38)16-28-18-43(47,48)21-56(28)41(60)31(23(3)4)17-37(58)25(6)51-7/h10-15,23-25,28-29,31,33,51-52H,8-9,16-22H2,1-7H3,(H,54,59)/t24-,25+,28-,29+,31+,33+/m1/s1. The van der Waals surface area contributed by atoms with Crippen LogP contribution in [0.25, 0.3) is 33.5 Å². The highest BCUT2D eigenvalue weighted by Crippen LogP contribution is 2.41. The second-order valence-corrected chi connectivity index (χ2v) is 17.2. The van der Waals surface area contributed by atoms with Gasteiger partial charge in [0, 0.05) is 60.7 Å². The molecule has 0 radical (unpaired) electrons. The fourth-order valence-corrected chi connectivity index (χ4v) is 8.63. The highest BCUT2D eigenvalue weighted by molar-refractivity contribution is 5.93. The zero-order valence-electron chi connectivity index (χ0n) is 35.6. The van der Waals surface area contributed by atoms with E-state index in [9.17, 15) is 28.0 Å². The molecule has 6 rings (SSSR count). The number of amides is 3. The Balaban J connectivity index is 1.44. The van der Waals surface area contributed by atoms with Crippen LogP contribution in [0.3, 0.4) is 0 Å². The van der Waals surface area contributed by atoms with Gasteiger partial charge in [0.1, 0.15) is 23.5 Å². The van der Waals surface area contributed by atoms with Crippen LogP contribution in [0.2, 0.25) is 0 Å². The first-order chi connectivity index (χ1) is 28.7. The van der Waals surface area contributed by atoms with Gasteiger partial charge in [0.2, 0.25) is 17.7 Å². The van der Waals surface area contributed by atoms with E-state index in [0.717, 1.165) is 15.9 Å². The number of Topliss-reactive ketones (excluding diaryl/α,β-unsaturated/α-hetero) is 1. The molecule has 0 saturated carbocycles. The van der Waals surface area contributed by atoms with Gasteiger partial charge in [-0.2, -0.15) is 0 Å². The van der Waals surface area contributed by atoms with E-state index >= 15 is 17.6 Å². The van der Waals surface area contributed by atoms with E-state index in [1.54, 1.807) is 46.2 Å². The Hall–Kier alpha value is -4.93. The fourth-order valence-electron chi connectivity index (χ4n) is 8.63. The molecule has 4 heterocycles. The van der Waals surface area contributed by atoms with Crippen molar-refractivity contribution in [3.05, 3.63) is 53.6 Å². The molecule has 2 aliphatic heterocycles. The molecular weight excluding hydrogens is 805 g/mol. The highest BCUT2D eigenvalue weighted by Gasteiger charge is 2.50. The summed E-state index contributed by atoms with van der Waals surface area (Å²) in [5, 5.41) is 5.99. The predicted octanol–water partition coefficient (Wildman–Crippen LogP) is 7.26. The molecule has 0 aliphatic carbocycles. The third kappa shape index (κ3) is 9.61. The Morgan fingerprint density at radius 1 is 0.869 bits per heavy atom. The number of carbonyl (C=O) groups excluding carboxylic acids is 4. The van der Waals surface area contributed by atoms with E-state index in [1.165, 1.54) is 30.3 Å².